The highest BCUT2D eigenvalue weighted by Crippen LogP contribution is 2.18. The molecule has 0 fully saturated rings. The Balaban J connectivity index is 2.81. The molecule has 6 nitrogen and oxygen atoms in total. The number of carboxylic acids is 1. The minimum Gasteiger partial charge on any atom is -0.494 e. The number of nitrogens with one attached hydrogen (secondary N) is 1. The number of ether oxygens (including phenoxy) is 1. The Labute approximate surface area is 98.4 Å². The Kier molecular flexibility index (Phi) is 4.33. The van der Waals surface area contributed by atoms with Crippen LogP contribution in [-0.4, -0.2) is 30.1 Å². The molecule has 0 heterocycles. The first-order chi connectivity index (χ1) is 8.02. The van der Waals surface area contributed by atoms with Crippen molar-refractivity contribution in [2.24, 2.45) is 0 Å². The summed E-state index contributed by atoms with van der Waals surface area (Å²) in [5, 5.41) is 10.7. The van der Waals surface area contributed by atoms with Crippen LogP contribution in [0.3, 0.4) is 0 Å². The minimum atomic E-state index is -1.10. The first kappa shape index (κ1) is 12.8. The number of carboxylic acid groups (broad SMARTS) is 1. The zero-order valence-corrected chi connectivity index (χ0v) is 9.40. The summed E-state index contributed by atoms with van der Waals surface area (Å²) in [5.41, 5.74) is 6.27. The van der Waals surface area contributed by atoms with E-state index in [-0.39, 0.29) is 5.56 Å². The van der Waals surface area contributed by atoms with E-state index in [0.29, 0.717) is 18.0 Å². The van der Waals surface area contributed by atoms with Gasteiger partial charge in [0.05, 0.1) is 6.61 Å². The number of hydrogen-bond donors (Lipinski definition) is 3. The van der Waals surface area contributed by atoms with E-state index in [2.05, 4.69) is 5.32 Å². The van der Waals surface area contributed by atoms with E-state index in [4.69, 9.17) is 15.6 Å². The van der Waals surface area contributed by atoms with Gasteiger partial charge in [0.15, 0.2) is 0 Å². The summed E-state index contributed by atoms with van der Waals surface area (Å²) in [5.74, 6) is -1.12. The fraction of sp³-hybridized carbons (Fsp3) is 0.273. The number of hydrogen-bond acceptors (Lipinski definition) is 4. The zero-order chi connectivity index (χ0) is 12.8. The smallest absolute Gasteiger partial charge is 0.322 e. The van der Waals surface area contributed by atoms with Gasteiger partial charge in [-0.25, -0.2) is 0 Å². The van der Waals surface area contributed by atoms with Crippen LogP contribution in [0.25, 0.3) is 0 Å². The summed E-state index contributed by atoms with van der Waals surface area (Å²) in [6.07, 6.45) is 0. The fourth-order valence-electron chi connectivity index (χ4n) is 1.26. The molecule has 0 unspecified atom stereocenters. The standard InChI is InChI=1S/C11H14N2O4/c1-2-17-9-4-7(3-8(12)5-9)11(16)13-6-10(14)15/h3-5H,2,6,12H2,1H3,(H,13,16)(H,14,15). The molecule has 17 heavy (non-hydrogen) atoms. The lowest BCUT2D eigenvalue weighted by molar-refractivity contribution is -0.135. The minimum absolute atomic E-state index is 0.273. The molecule has 0 aliphatic rings. The van der Waals surface area contributed by atoms with Crippen LogP contribution in [0.1, 0.15) is 17.3 Å². The molecule has 1 aromatic carbocycles. The second kappa shape index (κ2) is 5.74. The van der Waals surface area contributed by atoms with E-state index in [1.165, 1.54) is 12.1 Å². The van der Waals surface area contributed by atoms with E-state index in [1.54, 1.807) is 6.07 Å². The average molecular weight is 238 g/mol. The number of anilines is 1. The summed E-state index contributed by atoms with van der Waals surface area (Å²) < 4.78 is 5.23. The van der Waals surface area contributed by atoms with Gasteiger partial charge in [-0.05, 0) is 19.1 Å². The first-order valence-corrected chi connectivity index (χ1v) is 5.06. The van der Waals surface area contributed by atoms with Crippen LogP contribution in [0.4, 0.5) is 5.69 Å². The highest BCUT2D eigenvalue weighted by Gasteiger charge is 2.09. The Hall–Kier alpha value is -2.24. The van der Waals surface area contributed by atoms with Crippen LogP contribution >= 0.6 is 0 Å². The molecule has 92 valence electrons. The number of nitrogen functional groups attached to an aromatic ring is 1. The molecule has 0 bridgehead atoms. The van der Waals surface area contributed by atoms with Gasteiger partial charge in [0.25, 0.3) is 5.91 Å². The van der Waals surface area contributed by atoms with Crippen molar-refractivity contribution in [1.29, 1.82) is 0 Å². The van der Waals surface area contributed by atoms with Crippen LogP contribution < -0.4 is 15.8 Å². The van der Waals surface area contributed by atoms with Crippen molar-refractivity contribution in [1.82, 2.24) is 5.32 Å². The van der Waals surface area contributed by atoms with Crippen molar-refractivity contribution in [3.05, 3.63) is 23.8 Å². The van der Waals surface area contributed by atoms with Gasteiger partial charge >= 0.3 is 5.97 Å². The maximum Gasteiger partial charge on any atom is 0.322 e. The Morgan fingerprint density at radius 3 is 2.71 bits per heavy atom. The largest absolute Gasteiger partial charge is 0.494 e. The maximum atomic E-state index is 11.6. The van der Waals surface area contributed by atoms with Gasteiger partial charge in [0.1, 0.15) is 12.3 Å². The second-order valence-electron chi connectivity index (χ2n) is 3.30. The third-order valence-electron chi connectivity index (χ3n) is 1.90. The van der Waals surface area contributed by atoms with Crippen molar-refractivity contribution in [2.45, 2.75) is 6.92 Å². The van der Waals surface area contributed by atoms with E-state index in [0.717, 1.165) is 0 Å². The second-order valence-corrected chi connectivity index (χ2v) is 3.30. The quantitative estimate of drug-likeness (QED) is 0.648. The molecular weight excluding hydrogens is 224 g/mol. The normalized spacial score (nSPS) is 9.71. The number of amides is 1. The van der Waals surface area contributed by atoms with Crippen LogP contribution in [0, 0.1) is 0 Å². The Morgan fingerprint density at radius 1 is 1.41 bits per heavy atom. The number of rotatable bonds is 5. The van der Waals surface area contributed by atoms with E-state index in [9.17, 15) is 9.59 Å². The highest BCUT2D eigenvalue weighted by molar-refractivity contribution is 5.96. The van der Waals surface area contributed by atoms with Gasteiger partial charge < -0.3 is 20.9 Å². The van der Waals surface area contributed by atoms with E-state index in [1.807, 2.05) is 6.92 Å². The molecule has 1 rings (SSSR count). The number of aliphatic carboxylic acids is 1. The van der Waals surface area contributed by atoms with Crippen LogP contribution in [0.5, 0.6) is 5.75 Å². The van der Waals surface area contributed by atoms with Crippen molar-refractivity contribution in [2.75, 3.05) is 18.9 Å². The highest BCUT2D eigenvalue weighted by atomic mass is 16.5. The molecule has 0 aromatic heterocycles. The maximum absolute atomic E-state index is 11.6. The lowest BCUT2D eigenvalue weighted by Crippen LogP contribution is -2.29. The third kappa shape index (κ3) is 4.02. The van der Waals surface area contributed by atoms with Crippen LogP contribution in [-0.2, 0) is 4.79 Å². The number of carbonyl (C=O) groups is 2. The molecule has 0 radical (unpaired) electrons. The molecule has 0 saturated heterocycles. The number of benzene rings is 1. The summed E-state index contributed by atoms with van der Waals surface area (Å²) in [7, 11) is 0. The van der Waals surface area contributed by atoms with Crippen molar-refractivity contribution in [3.63, 3.8) is 0 Å². The summed E-state index contributed by atoms with van der Waals surface area (Å²) >= 11 is 0. The Morgan fingerprint density at radius 2 is 2.12 bits per heavy atom. The molecule has 0 atom stereocenters. The van der Waals surface area contributed by atoms with Gasteiger partial charge in [0.2, 0.25) is 0 Å². The van der Waals surface area contributed by atoms with Gasteiger partial charge in [-0.1, -0.05) is 0 Å². The first-order valence-electron chi connectivity index (χ1n) is 5.06. The average Bonchev–Trinajstić information content (AvgIpc) is 2.25. The molecule has 0 aliphatic heterocycles. The fourth-order valence-corrected chi connectivity index (χ4v) is 1.26. The van der Waals surface area contributed by atoms with Crippen molar-refractivity contribution < 1.29 is 19.4 Å². The lowest BCUT2D eigenvalue weighted by atomic mass is 10.1. The molecule has 0 spiro atoms. The number of nitrogens with two attached hydrogens (primary N) is 1. The van der Waals surface area contributed by atoms with Gasteiger partial charge in [0, 0.05) is 17.3 Å². The SMILES string of the molecule is CCOc1cc(N)cc(C(=O)NCC(=O)O)c1. The summed E-state index contributed by atoms with van der Waals surface area (Å²) in [6.45, 7) is 1.84. The molecule has 1 aromatic rings. The van der Waals surface area contributed by atoms with Crippen molar-refractivity contribution in [3.8, 4) is 5.75 Å². The zero-order valence-electron chi connectivity index (χ0n) is 9.40. The van der Waals surface area contributed by atoms with Gasteiger partial charge in [-0.3, -0.25) is 9.59 Å². The monoisotopic (exact) mass is 238 g/mol. The predicted molar refractivity (Wildman–Crippen MR) is 62.0 cm³/mol. The lowest BCUT2D eigenvalue weighted by Gasteiger charge is -2.07. The molecule has 1 amide bonds. The van der Waals surface area contributed by atoms with E-state index >= 15 is 0 Å². The number of carbonyl (C=O) groups excluding carboxylic acids is 1. The topological polar surface area (TPSA) is 102 Å². The van der Waals surface area contributed by atoms with Gasteiger partial charge in [-0.2, -0.15) is 0 Å². The molecular formula is C11H14N2O4. The molecule has 6 heteroatoms. The van der Waals surface area contributed by atoms with Crippen LogP contribution in [0.2, 0.25) is 0 Å². The predicted octanol–water partition coefficient (Wildman–Crippen LogP) is 0.482. The Bertz CT molecular complexity index is 431. The molecule has 0 aliphatic carbocycles. The van der Waals surface area contributed by atoms with Crippen molar-refractivity contribution >= 4 is 17.6 Å². The van der Waals surface area contributed by atoms with E-state index < -0.39 is 18.4 Å². The molecule has 4 N–H and O–H groups in total. The summed E-state index contributed by atoms with van der Waals surface area (Å²) in [4.78, 5) is 21.9. The third-order valence-corrected chi connectivity index (χ3v) is 1.90. The summed E-state index contributed by atoms with van der Waals surface area (Å²) in [6, 6.07) is 4.56. The van der Waals surface area contributed by atoms with Gasteiger partial charge in [-0.15, -0.1) is 0 Å². The molecule has 0 saturated carbocycles. The van der Waals surface area contributed by atoms with Crippen LogP contribution in [0.15, 0.2) is 18.2 Å².